The lowest BCUT2D eigenvalue weighted by Crippen LogP contribution is -1.83. The summed E-state index contributed by atoms with van der Waals surface area (Å²) in [5.41, 5.74) is 3.03. The predicted octanol–water partition coefficient (Wildman–Crippen LogP) is 5.80. The van der Waals surface area contributed by atoms with Crippen LogP contribution in [0.25, 0.3) is 21.8 Å². The van der Waals surface area contributed by atoms with E-state index in [2.05, 4.69) is 20.2 Å². The molecule has 0 aliphatic rings. The van der Waals surface area contributed by atoms with E-state index in [1.54, 1.807) is 6.07 Å². The third kappa shape index (κ3) is 2.49. The van der Waals surface area contributed by atoms with E-state index in [0.717, 1.165) is 27.4 Å². The Balaban J connectivity index is 1.79. The van der Waals surface area contributed by atoms with Crippen molar-refractivity contribution in [1.29, 1.82) is 0 Å². The first-order valence-electron chi connectivity index (χ1n) is 7.40. The molecule has 2 N–H and O–H groups in total. The summed E-state index contributed by atoms with van der Waals surface area (Å²) < 4.78 is 0. The molecule has 0 saturated heterocycles. The number of fused-ring (bicyclic) bond motifs is 2. The molecule has 0 radical (unpaired) electrons. The molecule has 0 aliphatic heterocycles. The van der Waals surface area contributed by atoms with Crippen LogP contribution in [0, 0.1) is 6.92 Å². The summed E-state index contributed by atoms with van der Waals surface area (Å²) in [5.74, 6) is 0.469. The zero-order valence-electron chi connectivity index (χ0n) is 12.8. The number of hydrogen-bond donors (Lipinski definition) is 2. The van der Waals surface area contributed by atoms with Gasteiger partial charge in [-0.2, -0.15) is 0 Å². The summed E-state index contributed by atoms with van der Waals surface area (Å²) >= 11 is 6.03. The first-order valence-corrected chi connectivity index (χ1v) is 7.78. The average molecular weight is 337 g/mol. The van der Waals surface area contributed by atoms with E-state index >= 15 is 0 Å². The number of H-pyrrole nitrogens is 1. The Morgan fingerprint density at radius 1 is 1.04 bits per heavy atom. The van der Waals surface area contributed by atoms with Gasteiger partial charge in [0.05, 0.1) is 11.0 Å². The van der Waals surface area contributed by atoms with Crippen LogP contribution in [-0.2, 0) is 0 Å². The van der Waals surface area contributed by atoms with Gasteiger partial charge in [0.25, 0.3) is 0 Å². The Kier molecular flexibility index (Phi) is 3.43. The number of pyridine rings is 1. The van der Waals surface area contributed by atoms with Gasteiger partial charge in [-0.05, 0) is 42.8 Å². The molecule has 0 saturated carbocycles. The van der Waals surface area contributed by atoms with Gasteiger partial charge in [-0.15, -0.1) is 10.2 Å². The number of azo groups is 1. The number of nitrogens with one attached hydrogen (secondary N) is 1. The molecule has 2 heterocycles. The van der Waals surface area contributed by atoms with Crippen LogP contribution in [0.2, 0.25) is 5.02 Å². The van der Waals surface area contributed by atoms with Crippen molar-refractivity contribution >= 4 is 44.9 Å². The zero-order chi connectivity index (χ0) is 16.7. The predicted molar refractivity (Wildman–Crippen MR) is 95.6 cm³/mol. The van der Waals surface area contributed by atoms with Gasteiger partial charge < -0.3 is 10.1 Å². The lowest BCUT2D eigenvalue weighted by molar-refractivity contribution is 0.459. The van der Waals surface area contributed by atoms with E-state index in [1.165, 1.54) is 0 Å². The SMILES string of the molecule is Cc1cc(N=Nc2c(O)[nH]c3ccccc23)nc2ccc(Cl)cc12. The van der Waals surface area contributed by atoms with Crippen LogP contribution >= 0.6 is 11.6 Å². The van der Waals surface area contributed by atoms with Gasteiger partial charge in [0.15, 0.2) is 11.5 Å². The normalized spacial score (nSPS) is 11.8. The van der Waals surface area contributed by atoms with Crippen molar-refractivity contribution in [2.75, 3.05) is 0 Å². The Morgan fingerprint density at radius 3 is 2.75 bits per heavy atom. The molecule has 2 aromatic heterocycles. The number of benzene rings is 2. The molecule has 2 aromatic carbocycles. The highest BCUT2D eigenvalue weighted by molar-refractivity contribution is 6.31. The van der Waals surface area contributed by atoms with Gasteiger partial charge in [0.2, 0.25) is 5.88 Å². The maximum atomic E-state index is 10.0. The summed E-state index contributed by atoms with van der Waals surface area (Å²) in [6.45, 7) is 1.97. The molecule has 4 rings (SSSR count). The van der Waals surface area contributed by atoms with Crippen molar-refractivity contribution in [2.45, 2.75) is 6.92 Å². The molecule has 0 spiro atoms. The quantitative estimate of drug-likeness (QED) is 0.454. The highest BCUT2D eigenvalue weighted by Gasteiger charge is 2.10. The van der Waals surface area contributed by atoms with Crippen LogP contribution in [0.1, 0.15) is 5.56 Å². The van der Waals surface area contributed by atoms with Gasteiger partial charge in [-0.25, -0.2) is 4.98 Å². The molecular weight excluding hydrogens is 324 g/mol. The standard InChI is InChI=1S/C18H13ClN4O/c1-10-8-16(20-15-7-6-11(19)9-13(10)15)22-23-17-12-4-2-3-5-14(12)21-18(17)24/h2-9,21,24H,1H3. The van der Waals surface area contributed by atoms with Crippen LogP contribution < -0.4 is 0 Å². The molecule has 5 nitrogen and oxygen atoms in total. The van der Waals surface area contributed by atoms with E-state index < -0.39 is 0 Å². The lowest BCUT2D eigenvalue weighted by atomic mass is 10.1. The molecule has 0 aliphatic carbocycles. The number of nitrogens with zero attached hydrogens (tertiary/aromatic N) is 3. The first-order chi connectivity index (χ1) is 11.6. The molecule has 0 amide bonds. The topological polar surface area (TPSA) is 73.6 Å². The Labute approximate surface area is 142 Å². The Morgan fingerprint density at radius 2 is 1.88 bits per heavy atom. The van der Waals surface area contributed by atoms with Gasteiger partial charge in [0, 0.05) is 15.8 Å². The fourth-order valence-corrected chi connectivity index (χ4v) is 2.89. The molecule has 0 atom stereocenters. The van der Waals surface area contributed by atoms with Gasteiger partial charge in [-0.3, -0.25) is 0 Å². The van der Waals surface area contributed by atoms with E-state index in [0.29, 0.717) is 16.5 Å². The van der Waals surface area contributed by atoms with Crippen molar-refractivity contribution < 1.29 is 5.11 Å². The minimum absolute atomic E-state index is 0.00996. The molecule has 0 fully saturated rings. The highest BCUT2D eigenvalue weighted by atomic mass is 35.5. The number of halogens is 1. The van der Waals surface area contributed by atoms with Crippen LogP contribution in [-0.4, -0.2) is 15.1 Å². The Bertz CT molecular complexity index is 1100. The van der Waals surface area contributed by atoms with E-state index in [1.807, 2.05) is 49.4 Å². The van der Waals surface area contributed by atoms with Crippen LogP contribution in [0.5, 0.6) is 5.88 Å². The summed E-state index contributed by atoms with van der Waals surface area (Å²) in [7, 11) is 0. The summed E-state index contributed by atoms with van der Waals surface area (Å²) in [4.78, 5) is 7.35. The third-order valence-corrected chi connectivity index (χ3v) is 4.11. The van der Waals surface area contributed by atoms with Crippen molar-refractivity contribution in [3.05, 3.63) is 59.1 Å². The van der Waals surface area contributed by atoms with Crippen molar-refractivity contribution in [2.24, 2.45) is 10.2 Å². The Hall–Kier alpha value is -2.92. The van der Waals surface area contributed by atoms with E-state index in [-0.39, 0.29) is 5.88 Å². The van der Waals surface area contributed by atoms with Crippen LogP contribution in [0.3, 0.4) is 0 Å². The number of hydrogen-bond acceptors (Lipinski definition) is 4. The van der Waals surface area contributed by atoms with Crippen molar-refractivity contribution in [3.8, 4) is 5.88 Å². The summed E-state index contributed by atoms with van der Waals surface area (Å²) in [5, 5.41) is 20.9. The lowest BCUT2D eigenvalue weighted by Gasteiger charge is -2.03. The number of aryl methyl sites for hydroxylation is 1. The molecule has 24 heavy (non-hydrogen) atoms. The molecule has 6 heteroatoms. The van der Waals surface area contributed by atoms with Crippen LogP contribution in [0.4, 0.5) is 11.5 Å². The smallest absolute Gasteiger partial charge is 0.218 e. The minimum Gasteiger partial charge on any atom is -0.493 e. The summed E-state index contributed by atoms with van der Waals surface area (Å²) in [6, 6.07) is 14.9. The fraction of sp³-hybridized carbons (Fsp3) is 0.0556. The van der Waals surface area contributed by atoms with E-state index in [4.69, 9.17) is 11.6 Å². The largest absolute Gasteiger partial charge is 0.493 e. The monoisotopic (exact) mass is 336 g/mol. The van der Waals surface area contributed by atoms with Gasteiger partial charge in [-0.1, -0.05) is 29.8 Å². The van der Waals surface area contributed by atoms with Gasteiger partial charge >= 0.3 is 0 Å². The van der Waals surface area contributed by atoms with Crippen molar-refractivity contribution in [3.63, 3.8) is 0 Å². The number of rotatable bonds is 2. The molecule has 0 bridgehead atoms. The zero-order valence-corrected chi connectivity index (χ0v) is 13.5. The second-order valence-electron chi connectivity index (χ2n) is 5.53. The average Bonchev–Trinajstić information content (AvgIpc) is 2.89. The highest BCUT2D eigenvalue weighted by Crippen LogP contribution is 2.36. The number of aromatic amines is 1. The molecule has 0 unspecified atom stereocenters. The number of aromatic hydroxyl groups is 1. The fourth-order valence-electron chi connectivity index (χ4n) is 2.72. The third-order valence-electron chi connectivity index (χ3n) is 3.88. The molecule has 4 aromatic rings. The van der Waals surface area contributed by atoms with Gasteiger partial charge in [0.1, 0.15) is 0 Å². The summed E-state index contributed by atoms with van der Waals surface area (Å²) in [6.07, 6.45) is 0. The van der Waals surface area contributed by atoms with Crippen LogP contribution in [0.15, 0.2) is 58.8 Å². The second-order valence-corrected chi connectivity index (χ2v) is 5.96. The minimum atomic E-state index is -0.00996. The molecular formula is C18H13ClN4O. The first kappa shape index (κ1) is 14.7. The maximum Gasteiger partial charge on any atom is 0.218 e. The maximum absolute atomic E-state index is 10.0. The number of para-hydroxylation sites is 1. The molecule has 118 valence electrons. The second kappa shape index (κ2) is 5.62. The number of aromatic nitrogens is 2. The van der Waals surface area contributed by atoms with E-state index in [9.17, 15) is 5.11 Å². The van der Waals surface area contributed by atoms with Crippen molar-refractivity contribution in [1.82, 2.24) is 9.97 Å².